The lowest BCUT2D eigenvalue weighted by Gasteiger charge is -2.30. The van der Waals surface area contributed by atoms with Crippen LogP contribution in [0.4, 0.5) is 18.9 Å². The van der Waals surface area contributed by atoms with Crippen LogP contribution in [0.3, 0.4) is 0 Å². The fourth-order valence-electron chi connectivity index (χ4n) is 4.54. The number of sulfonamides is 1. The van der Waals surface area contributed by atoms with Crippen molar-refractivity contribution in [3.8, 4) is 11.5 Å². The molecule has 1 aliphatic rings. The quantitative estimate of drug-likeness (QED) is 0.225. The number of benzene rings is 2. The van der Waals surface area contributed by atoms with E-state index in [1.807, 2.05) is 0 Å². The fourth-order valence-corrected chi connectivity index (χ4v) is 5.19. The standard InChI is InChI=1S/C28H27F3N4O5S/c1-2-41(37,38)34-12-18-8-7-16(15-39-18)35-26-23(31)14-33-28-25(26)20(13-32-28)27(36)19-10-9-17(11-22(19)30)40-24-6-4-3-5-21(24)29/h3-6,9-11,13-14,16,18,34H,2,7-8,12,15H2,1H3,(H2,32,33,35)/t16-,18+/m1/s1. The number of pyridine rings is 1. The van der Waals surface area contributed by atoms with E-state index in [1.54, 1.807) is 13.0 Å². The molecule has 13 heteroatoms. The molecule has 41 heavy (non-hydrogen) atoms. The number of nitrogens with one attached hydrogen (secondary N) is 3. The van der Waals surface area contributed by atoms with Gasteiger partial charge in [0.25, 0.3) is 0 Å². The van der Waals surface area contributed by atoms with E-state index in [0.29, 0.717) is 12.8 Å². The van der Waals surface area contributed by atoms with E-state index in [4.69, 9.17) is 9.47 Å². The minimum atomic E-state index is -3.35. The van der Waals surface area contributed by atoms with Gasteiger partial charge in [0.05, 0.1) is 46.9 Å². The van der Waals surface area contributed by atoms with E-state index in [1.165, 1.54) is 36.5 Å². The molecule has 0 radical (unpaired) electrons. The number of ketones is 1. The summed E-state index contributed by atoms with van der Waals surface area (Å²) in [6.07, 6.45) is 3.09. The number of para-hydroxylation sites is 1. The van der Waals surface area contributed by atoms with Crippen LogP contribution in [0.5, 0.6) is 11.5 Å². The fraction of sp³-hybridized carbons (Fsp3) is 0.286. The molecule has 0 amide bonds. The third kappa shape index (κ3) is 6.37. The summed E-state index contributed by atoms with van der Waals surface area (Å²) in [5.41, 5.74) is -0.0564. The number of anilines is 1. The van der Waals surface area contributed by atoms with Crippen molar-refractivity contribution in [1.29, 1.82) is 0 Å². The van der Waals surface area contributed by atoms with Crippen molar-refractivity contribution < 1.29 is 35.9 Å². The lowest BCUT2D eigenvalue weighted by atomic mass is 10.0. The number of carbonyl (C=O) groups is 1. The van der Waals surface area contributed by atoms with Crippen molar-refractivity contribution in [3.63, 3.8) is 0 Å². The molecule has 0 saturated carbocycles. The predicted octanol–water partition coefficient (Wildman–Crippen LogP) is 4.90. The summed E-state index contributed by atoms with van der Waals surface area (Å²) < 4.78 is 81.1. The Kier molecular flexibility index (Phi) is 8.29. The lowest BCUT2D eigenvalue weighted by Crippen LogP contribution is -2.41. The van der Waals surface area contributed by atoms with Crippen molar-refractivity contribution in [2.45, 2.75) is 31.9 Å². The Hall–Kier alpha value is -3.94. The Bertz CT molecular complexity index is 1690. The molecule has 4 aromatic rings. The van der Waals surface area contributed by atoms with E-state index < -0.39 is 33.3 Å². The van der Waals surface area contributed by atoms with Gasteiger partial charge in [0.1, 0.15) is 17.2 Å². The zero-order chi connectivity index (χ0) is 29.1. The highest BCUT2D eigenvalue weighted by atomic mass is 32.2. The van der Waals surface area contributed by atoms with Gasteiger partial charge in [-0.05, 0) is 44.0 Å². The monoisotopic (exact) mass is 588 g/mol. The van der Waals surface area contributed by atoms with Crippen molar-refractivity contribution in [1.82, 2.24) is 14.7 Å². The molecule has 2 atom stereocenters. The first-order chi connectivity index (χ1) is 19.6. The predicted molar refractivity (Wildman–Crippen MR) is 146 cm³/mol. The smallest absolute Gasteiger partial charge is 0.211 e. The molecular weight excluding hydrogens is 561 g/mol. The van der Waals surface area contributed by atoms with Gasteiger partial charge >= 0.3 is 0 Å². The second-order valence-corrected chi connectivity index (χ2v) is 11.6. The number of aromatic nitrogens is 2. The summed E-state index contributed by atoms with van der Waals surface area (Å²) in [6.45, 7) is 1.86. The lowest BCUT2D eigenvalue weighted by molar-refractivity contribution is 0.0132. The van der Waals surface area contributed by atoms with Crippen LogP contribution in [0, 0.1) is 17.5 Å². The first-order valence-electron chi connectivity index (χ1n) is 12.9. The first kappa shape index (κ1) is 28.6. The Labute approximate surface area is 234 Å². The molecule has 1 fully saturated rings. The van der Waals surface area contributed by atoms with Gasteiger partial charge in [-0.2, -0.15) is 0 Å². The second kappa shape index (κ2) is 11.9. The maximum atomic E-state index is 15.1. The number of H-pyrrole nitrogens is 1. The molecule has 0 bridgehead atoms. The number of halogens is 3. The van der Waals surface area contributed by atoms with Crippen LogP contribution in [-0.2, 0) is 14.8 Å². The average molecular weight is 589 g/mol. The molecule has 0 spiro atoms. The van der Waals surface area contributed by atoms with Crippen molar-refractivity contribution in [2.75, 3.05) is 24.2 Å². The Balaban J connectivity index is 1.34. The van der Waals surface area contributed by atoms with Gasteiger partial charge in [0.15, 0.2) is 23.2 Å². The topological polar surface area (TPSA) is 122 Å². The Morgan fingerprint density at radius 1 is 1.10 bits per heavy atom. The number of hydrogen-bond donors (Lipinski definition) is 3. The van der Waals surface area contributed by atoms with Crippen LogP contribution in [0.25, 0.3) is 11.0 Å². The first-order valence-corrected chi connectivity index (χ1v) is 14.6. The van der Waals surface area contributed by atoms with Crippen LogP contribution in [0.1, 0.15) is 35.7 Å². The third-order valence-corrected chi connectivity index (χ3v) is 8.15. The highest BCUT2D eigenvalue weighted by Crippen LogP contribution is 2.33. The van der Waals surface area contributed by atoms with Crippen LogP contribution >= 0.6 is 0 Å². The molecule has 1 aliphatic heterocycles. The van der Waals surface area contributed by atoms with Gasteiger partial charge in [-0.25, -0.2) is 31.3 Å². The van der Waals surface area contributed by atoms with Crippen molar-refractivity contribution >= 4 is 32.5 Å². The van der Waals surface area contributed by atoms with E-state index >= 15 is 8.78 Å². The molecule has 0 aliphatic carbocycles. The number of nitrogens with zero attached hydrogens (tertiary/aromatic N) is 1. The highest BCUT2D eigenvalue weighted by Gasteiger charge is 2.27. The largest absolute Gasteiger partial charge is 0.454 e. The minimum absolute atomic E-state index is 0.000233. The molecule has 0 unspecified atom stereocenters. The van der Waals surface area contributed by atoms with Gasteiger partial charge in [-0.15, -0.1) is 0 Å². The summed E-state index contributed by atoms with van der Waals surface area (Å²) in [4.78, 5) is 20.3. The zero-order valence-electron chi connectivity index (χ0n) is 21.9. The molecule has 3 N–H and O–H groups in total. The molecule has 2 aromatic carbocycles. The van der Waals surface area contributed by atoms with E-state index in [0.717, 1.165) is 12.3 Å². The molecule has 9 nitrogen and oxygen atoms in total. The van der Waals surface area contributed by atoms with E-state index in [9.17, 15) is 17.6 Å². The number of ether oxygens (including phenoxy) is 2. The average Bonchev–Trinajstić information content (AvgIpc) is 3.40. The van der Waals surface area contributed by atoms with Crippen molar-refractivity contribution in [3.05, 3.63) is 83.4 Å². The second-order valence-electron chi connectivity index (χ2n) is 9.54. The highest BCUT2D eigenvalue weighted by molar-refractivity contribution is 7.89. The van der Waals surface area contributed by atoms with E-state index in [2.05, 4.69) is 20.0 Å². The van der Waals surface area contributed by atoms with Gasteiger partial charge in [0, 0.05) is 24.8 Å². The normalized spacial score (nSPS) is 17.5. The zero-order valence-corrected chi connectivity index (χ0v) is 22.7. The van der Waals surface area contributed by atoms with Gasteiger partial charge in [-0.3, -0.25) is 4.79 Å². The molecule has 3 heterocycles. The molecule has 2 aromatic heterocycles. The van der Waals surface area contributed by atoms with E-state index in [-0.39, 0.29) is 70.4 Å². The number of carbonyl (C=O) groups excluding carboxylic acids is 1. The molecule has 1 saturated heterocycles. The summed E-state index contributed by atoms with van der Waals surface area (Å²) in [5.74, 6) is -3.09. The molecule has 5 rings (SSSR count). The Morgan fingerprint density at radius 3 is 2.61 bits per heavy atom. The molecular formula is C28H27F3N4O5S. The Morgan fingerprint density at radius 2 is 1.90 bits per heavy atom. The number of hydrogen-bond acceptors (Lipinski definition) is 7. The van der Waals surface area contributed by atoms with Crippen LogP contribution < -0.4 is 14.8 Å². The number of rotatable bonds is 10. The summed E-state index contributed by atoms with van der Waals surface area (Å²) >= 11 is 0. The minimum Gasteiger partial charge on any atom is -0.454 e. The van der Waals surface area contributed by atoms with Crippen LogP contribution in [-0.4, -0.2) is 55.2 Å². The summed E-state index contributed by atoms with van der Waals surface area (Å²) in [7, 11) is -3.35. The van der Waals surface area contributed by atoms with Crippen LogP contribution in [0.15, 0.2) is 54.9 Å². The van der Waals surface area contributed by atoms with Crippen molar-refractivity contribution in [2.24, 2.45) is 0 Å². The summed E-state index contributed by atoms with van der Waals surface area (Å²) in [6, 6.07) is 8.85. The van der Waals surface area contributed by atoms with Gasteiger partial charge < -0.3 is 19.8 Å². The summed E-state index contributed by atoms with van der Waals surface area (Å²) in [5, 5.41) is 3.24. The van der Waals surface area contributed by atoms with Gasteiger partial charge in [-0.1, -0.05) is 12.1 Å². The number of aromatic amines is 1. The maximum absolute atomic E-state index is 15.1. The number of fused-ring (bicyclic) bond motifs is 1. The molecule has 216 valence electrons. The third-order valence-electron chi connectivity index (χ3n) is 6.78. The van der Waals surface area contributed by atoms with Gasteiger partial charge in [0.2, 0.25) is 10.0 Å². The SMILES string of the molecule is CCS(=O)(=O)NC[C@@H]1CC[C@@H](Nc2c(F)cnc3[nH]cc(C(=O)c4ccc(Oc5ccccc5F)cc4F)c23)CO1. The van der Waals surface area contributed by atoms with Crippen LogP contribution in [0.2, 0.25) is 0 Å². The maximum Gasteiger partial charge on any atom is 0.211 e.